The molecule has 0 unspecified atom stereocenters. The van der Waals surface area contributed by atoms with Crippen LogP contribution in [0.4, 0.5) is 0 Å². The first-order chi connectivity index (χ1) is 16.7. The van der Waals surface area contributed by atoms with Gasteiger partial charge in [-0.3, -0.25) is 4.79 Å². The smallest absolute Gasteiger partial charge is 0.243 e. The molecule has 0 saturated carbocycles. The molecule has 2 fully saturated rings. The summed E-state index contributed by atoms with van der Waals surface area (Å²) in [5.41, 5.74) is 0.783. The van der Waals surface area contributed by atoms with E-state index in [1.54, 1.807) is 48.5 Å². The van der Waals surface area contributed by atoms with Crippen LogP contribution in [0.5, 0.6) is 0 Å². The van der Waals surface area contributed by atoms with Crippen molar-refractivity contribution in [3.8, 4) is 0 Å². The minimum Gasteiger partial charge on any atom is -0.352 e. The number of carbonyl (C=O) groups excluding carboxylic acids is 1. The lowest BCUT2D eigenvalue weighted by Gasteiger charge is -2.31. The molecule has 0 aromatic heterocycles. The van der Waals surface area contributed by atoms with Crippen LogP contribution >= 0.6 is 15.9 Å². The van der Waals surface area contributed by atoms with Crippen molar-refractivity contribution in [2.24, 2.45) is 5.92 Å². The molecule has 4 rings (SSSR count). The van der Waals surface area contributed by atoms with E-state index >= 15 is 0 Å². The Bertz CT molecular complexity index is 1240. The Morgan fingerprint density at radius 1 is 0.800 bits per heavy atom. The summed E-state index contributed by atoms with van der Waals surface area (Å²) in [5.74, 6) is -0.640. The molecule has 35 heavy (non-hydrogen) atoms. The maximum Gasteiger partial charge on any atom is 0.243 e. The van der Waals surface area contributed by atoms with Crippen LogP contribution < -0.4 is 5.32 Å². The van der Waals surface area contributed by atoms with Crippen molar-refractivity contribution in [1.29, 1.82) is 0 Å². The van der Waals surface area contributed by atoms with Crippen molar-refractivity contribution < 1.29 is 21.6 Å². The zero-order valence-corrected chi connectivity index (χ0v) is 22.6. The fourth-order valence-corrected chi connectivity index (χ4v) is 7.80. The van der Waals surface area contributed by atoms with Gasteiger partial charge >= 0.3 is 0 Å². The molecule has 190 valence electrons. The van der Waals surface area contributed by atoms with Gasteiger partial charge in [-0.2, -0.15) is 8.61 Å². The molecule has 0 bridgehead atoms. The fraction of sp³-hybridized carbons (Fsp3) is 0.458. The Morgan fingerprint density at radius 2 is 1.34 bits per heavy atom. The van der Waals surface area contributed by atoms with Gasteiger partial charge in [-0.1, -0.05) is 34.5 Å². The first kappa shape index (κ1) is 26.3. The molecule has 1 amide bonds. The van der Waals surface area contributed by atoms with Crippen LogP contribution in [0.3, 0.4) is 0 Å². The Labute approximate surface area is 215 Å². The van der Waals surface area contributed by atoms with Gasteiger partial charge in [0.05, 0.1) is 15.7 Å². The number of piperidine rings is 2. The molecule has 2 saturated heterocycles. The van der Waals surface area contributed by atoms with Crippen molar-refractivity contribution in [2.45, 2.75) is 48.4 Å². The average molecular weight is 585 g/mol. The molecular weight excluding hydrogens is 554 g/mol. The number of rotatable bonds is 7. The third kappa shape index (κ3) is 6.14. The van der Waals surface area contributed by atoms with Gasteiger partial charge in [-0.15, -0.1) is 0 Å². The van der Waals surface area contributed by atoms with Crippen molar-refractivity contribution in [2.75, 3.05) is 26.2 Å². The zero-order valence-electron chi connectivity index (χ0n) is 19.4. The van der Waals surface area contributed by atoms with Crippen LogP contribution in [0.2, 0.25) is 0 Å². The monoisotopic (exact) mass is 583 g/mol. The summed E-state index contributed by atoms with van der Waals surface area (Å²) in [4.78, 5) is 13.3. The van der Waals surface area contributed by atoms with E-state index in [0.717, 1.165) is 29.3 Å². The predicted molar refractivity (Wildman–Crippen MR) is 137 cm³/mol. The number of halogens is 1. The molecule has 2 aliphatic heterocycles. The second-order valence-corrected chi connectivity index (χ2v) is 13.8. The summed E-state index contributed by atoms with van der Waals surface area (Å²) in [6, 6.07) is 13.1. The lowest BCUT2D eigenvalue weighted by atomic mass is 9.99. The number of sulfonamides is 2. The Balaban J connectivity index is 1.34. The number of benzene rings is 2. The summed E-state index contributed by atoms with van der Waals surface area (Å²) < 4.78 is 55.3. The minimum absolute atomic E-state index is 0.136. The topological polar surface area (TPSA) is 104 Å². The largest absolute Gasteiger partial charge is 0.352 e. The van der Waals surface area contributed by atoms with Crippen molar-refractivity contribution >= 4 is 41.9 Å². The summed E-state index contributed by atoms with van der Waals surface area (Å²) in [5, 5.41) is 2.88. The van der Waals surface area contributed by atoms with Gasteiger partial charge in [0.15, 0.2) is 0 Å². The summed E-state index contributed by atoms with van der Waals surface area (Å²) in [6.07, 6.45) is 4.04. The molecule has 2 aliphatic rings. The summed E-state index contributed by atoms with van der Waals surface area (Å²) in [7, 11) is -7.16. The third-order valence-electron chi connectivity index (χ3n) is 6.55. The molecule has 0 aliphatic carbocycles. The van der Waals surface area contributed by atoms with E-state index in [-0.39, 0.29) is 28.8 Å². The molecule has 0 spiro atoms. The number of carbonyl (C=O) groups is 1. The normalized spacial score (nSPS) is 20.4. The van der Waals surface area contributed by atoms with Gasteiger partial charge in [0, 0.05) is 37.2 Å². The number of nitrogens with zero attached hydrogens (tertiary/aromatic N) is 2. The highest BCUT2D eigenvalue weighted by Gasteiger charge is 2.33. The van der Waals surface area contributed by atoms with E-state index in [4.69, 9.17) is 0 Å². The van der Waals surface area contributed by atoms with E-state index < -0.39 is 26.0 Å². The molecule has 2 aromatic carbocycles. The maximum atomic E-state index is 13.0. The zero-order chi connectivity index (χ0) is 25.1. The number of amides is 1. The summed E-state index contributed by atoms with van der Waals surface area (Å²) >= 11 is 3.31. The summed E-state index contributed by atoms with van der Waals surface area (Å²) in [6.45, 7) is 1.87. The van der Waals surface area contributed by atoms with E-state index in [0.29, 0.717) is 32.5 Å². The van der Waals surface area contributed by atoms with Crippen molar-refractivity contribution in [3.05, 3.63) is 58.6 Å². The van der Waals surface area contributed by atoms with E-state index in [1.807, 2.05) is 0 Å². The van der Waals surface area contributed by atoms with Gasteiger partial charge in [-0.05, 0) is 67.6 Å². The van der Waals surface area contributed by atoms with Crippen LogP contribution in [-0.4, -0.2) is 57.5 Å². The van der Waals surface area contributed by atoms with Gasteiger partial charge in [0.1, 0.15) is 0 Å². The predicted octanol–water partition coefficient (Wildman–Crippen LogP) is 3.34. The third-order valence-corrected chi connectivity index (χ3v) is 10.9. The van der Waals surface area contributed by atoms with E-state index in [1.165, 1.54) is 8.61 Å². The van der Waals surface area contributed by atoms with Crippen molar-refractivity contribution in [3.63, 3.8) is 0 Å². The number of nitrogens with one attached hydrogen (secondary N) is 1. The molecule has 1 N–H and O–H groups in total. The van der Waals surface area contributed by atoms with E-state index in [2.05, 4.69) is 21.2 Å². The number of hydrogen-bond donors (Lipinski definition) is 1. The van der Waals surface area contributed by atoms with Crippen LogP contribution in [0.1, 0.15) is 37.7 Å². The fourth-order valence-electron chi connectivity index (χ4n) is 4.50. The van der Waals surface area contributed by atoms with Crippen LogP contribution in [-0.2, 0) is 31.4 Å². The number of hydrogen-bond acceptors (Lipinski definition) is 5. The first-order valence-corrected chi connectivity index (χ1v) is 15.5. The second-order valence-electron chi connectivity index (χ2n) is 8.98. The maximum absolute atomic E-state index is 13.0. The quantitative estimate of drug-likeness (QED) is 0.538. The minimum atomic E-state index is -3.67. The van der Waals surface area contributed by atoms with E-state index in [9.17, 15) is 21.6 Å². The highest BCUT2D eigenvalue weighted by molar-refractivity contribution is 9.10. The van der Waals surface area contributed by atoms with Gasteiger partial charge in [0.25, 0.3) is 0 Å². The Kier molecular flexibility index (Phi) is 8.32. The van der Waals surface area contributed by atoms with Crippen molar-refractivity contribution in [1.82, 2.24) is 13.9 Å². The standard InChI is InChI=1S/C24H30BrN3O5S2/c25-21-8-12-23(13-9-21)35(32,33)28-16-4-5-20(18-28)24(29)26-17-19-6-10-22(11-7-19)34(30,31)27-14-2-1-3-15-27/h6-13,20H,1-5,14-18H2,(H,26,29)/t20-/m0/s1. The molecule has 8 nitrogen and oxygen atoms in total. The van der Waals surface area contributed by atoms with Crippen LogP contribution in [0.25, 0.3) is 0 Å². The molecule has 1 atom stereocenters. The lowest BCUT2D eigenvalue weighted by Crippen LogP contribution is -2.45. The average Bonchev–Trinajstić information content (AvgIpc) is 2.88. The molecule has 11 heteroatoms. The van der Waals surface area contributed by atoms with Gasteiger partial charge < -0.3 is 5.32 Å². The molecule has 2 heterocycles. The molecular formula is C24H30BrN3O5S2. The highest BCUT2D eigenvalue weighted by Crippen LogP contribution is 2.25. The lowest BCUT2D eigenvalue weighted by molar-refractivity contribution is -0.126. The van der Waals surface area contributed by atoms with Crippen LogP contribution in [0.15, 0.2) is 62.8 Å². The van der Waals surface area contributed by atoms with Crippen LogP contribution in [0, 0.1) is 5.92 Å². The molecule has 0 radical (unpaired) electrons. The first-order valence-electron chi connectivity index (χ1n) is 11.8. The second kappa shape index (κ2) is 11.1. The Morgan fingerprint density at radius 3 is 1.97 bits per heavy atom. The van der Waals surface area contributed by atoms with Gasteiger partial charge in [0.2, 0.25) is 26.0 Å². The Hall–Kier alpha value is -1.79. The SMILES string of the molecule is O=C(NCc1ccc(S(=O)(=O)N2CCCCC2)cc1)[C@H]1CCCN(S(=O)(=O)c2ccc(Br)cc2)C1. The highest BCUT2D eigenvalue weighted by atomic mass is 79.9. The molecule has 2 aromatic rings. The van der Waals surface area contributed by atoms with Gasteiger partial charge in [-0.25, -0.2) is 16.8 Å².